The fraction of sp³-hybridized carbons (Fsp3) is 0.600. The molecule has 4 heteroatoms. The minimum Gasteiger partial charge on any atom is -0.393 e. The molecule has 2 atom stereocenters. The summed E-state index contributed by atoms with van der Waals surface area (Å²) in [6.07, 6.45) is 0.571. The Morgan fingerprint density at radius 2 is 2.14 bits per heavy atom. The van der Waals surface area contributed by atoms with Crippen molar-refractivity contribution < 1.29 is 5.11 Å². The van der Waals surface area contributed by atoms with Crippen molar-refractivity contribution in [3.8, 4) is 0 Å². The molecule has 0 radical (unpaired) electrons. The Hall–Kier alpha value is 0.240. The van der Waals surface area contributed by atoms with Crippen molar-refractivity contribution in [1.82, 2.24) is 0 Å². The third kappa shape index (κ3) is 1.49. The van der Waals surface area contributed by atoms with Crippen molar-refractivity contribution >= 4 is 34.5 Å². The smallest absolute Gasteiger partial charge is 0.0979 e. The summed E-state index contributed by atoms with van der Waals surface area (Å²) in [6, 6.07) is 1.92. The summed E-state index contributed by atoms with van der Waals surface area (Å²) in [5.41, 5.74) is 1.02. The molecule has 0 amide bonds. The van der Waals surface area contributed by atoms with E-state index in [0.29, 0.717) is 5.92 Å². The molecular weight excluding hydrogens is 239 g/mol. The van der Waals surface area contributed by atoms with Crippen molar-refractivity contribution in [2.24, 2.45) is 5.41 Å². The molecule has 0 aliphatic heterocycles. The first-order valence-corrected chi connectivity index (χ1v) is 6.13. The molecule has 0 spiro atoms. The van der Waals surface area contributed by atoms with Gasteiger partial charge in [0.1, 0.15) is 0 Å². The Morgan fingerprint density at radius 1 is 1.50 bits per heavy atom. The second kappa shape index (κ2) is 3.38. The van der Waals surface area contributed by atoms with Crippen LogP contribution in [0.25, 0.3) is 0 Å². The Balaban J connectivity index is 2.30. The summed E-state index contributed by atoms with van der Waals surface area (Å²) in [5.74, 6) is 0.341. The van der Waals surface area contributed by atoms with Gasteiger partial charge in [0.25, 0.3) is 0 Å². The first-order valence-electron chi connectivity index (χ1n) is 4.55. The van der Waals surface area contributed by atoms with E-state index in [4.69, 9.17) is 23.2 Å². The molecule has 1 nitrogen and oxygen atoms in total. The van der Waals surface area contributed by atoms with E-state index in [-0.39, 0.29) is 11.5 Å². The standard InChI is InChI=1S/C10H12Cl2OS/c1-10(2)6(4-7(10)13)5-3-8(11)14-9(5)12/h3,6-7,13H,4H2,1-2H3. The van der Waals surface area contributed by atoms with Gasteiger partial charge in [-0.2, -0.15) is 0 Å². The minimum atomic E-state index is -0.220. The topological polar surface area (TPSA) is 20.2 Å². The van der Waals surface area contributed by atoms with E-state index < -0.39 is 0 Å². The van der Waals surface area contributed by atoms with Crippen LogP contribution in [0.3, 0.4) is 0 Å². The summed E-state index contributed by atoms with van der Waals surface area (Å²) in [7, 11) is 0. The predicted molar refractivity (Wildman–Crippen MR) is 61.5 cm³/mol. The van der Waals surface area contributed by atoms with Gasteiger partial charge in [0.15, 0.2) is 0 Å². The molecule has 2 rings (SSSR count). The predicted octanol–water partition coefficient (Wildman–Crippen LogP) is 3.93. The molecule has 1 aliphatic rings. The molecule has 78 valence electrons. The van der Waals surface area contributed by atoms with E-state index in [1.807, 2.05) is 6.07 Å². The highest BCUT2D eigenvalue weighted by molar-refractivity contribution is 7.20. The maximum absolute atomic E-state index is 9.63. The molecule has 1 N–H and O–H groups in total. The van der Waals surface area contributed by atoms with Crippen LogP contribution < -0.4 is 0 Å². The highest BCUT2D eigenvalue weighted by Gasteiger charge is 2.48. The lowest BCUT2D eigenvalue weighted by Gasteiger charge is -2.49. The van der Waals surface area contributed by atoms with Crippen LogP contribution in [-0.4, -0.2) is 11.2 Å². The number of aliphatic hydroxyl groups excluding tert-OH is 1. The van der Waals surface area contributed by atoms with Crippen LogP contribution in [0, 0.1) is 5.41 Å². The SMILES string of the molecule is CC1(C)C(O)CC1c1cc(Cl)sc1Cl. The summed E-state index contributed by atoms with van der Waals surface area (Å²) >= 11 is 13.4. The van der Waals surface area contributed by atoms with Crippen LogP contribution in [0.5, 0.6) is 0 Å². The lowest BCUT2D eigenvalue weighted by molar-refractivity contribution is -0.0623. The Bertz CT molecular complexity index is 359. The van der Waals surface area contributed by atoms with Crippen LogP contribution in [-0.2, 0) is 0 Å². The van der Waals surface area contributed by atoms with Gasteiger partial charge in [-0.1, -0.05) is 37.0 Å². The van der Waals surface area contributed by atoms with E-state index in [2.05, 4.69) is 13.8 Å². The molecule has 0 bridgehead atoms. The molecule has 1 aromatic rings. The van der Waals surface area contributed by atoms with Gasteiger partial charge in [-0.3, -0.25) is 0 Å². The molecule has 1 heterocycles. The maximum Gasteiger partial charge on any atom is 0.0979 e. The van der Waals surface area contributed by atoms with Crippen molar-refractivity contribution in [2.45, 2.75) is 32.3 Å². The average Bonchev–Trinajstić information content (AvgIpc) is 2.40. The second-order valence-corrected chi connectivity index (χ2v) is 6.69. The zero-order valence-electron chi connectivity index (χ0n) is 8.05. The summed E-state index contributed by atoms with van der Waals surface area (Å²) in [4.78, 5) is 0. The monoisotopic (exact) mass is 250 g/mol. The quantitative estimate of drug-likeness (QED) is 0.801. The number of hydrogen-bond donors (Lipinski definition) is 1. The molecule has 1 aromatic heterocycles. The summed E-state index contributed by atoms with van der Waals surface area (Å²) in [5, 5.41) is 9.63. The third-order valence-electron chi connectivity index (χ3n) is 3.27. The van der Waals surface area contributed by atoms with Gasteiger partial charge in [0.05, 0.1) is 14.8 Å². The lowest BCUT2D eigenvalue weighted by atomic mass is 9.58. The van der Waals surface area contributed by atoms with Crippen molar-refractivity contribution in [1.29, 1.82) is 0 Å². The first kappa shape index (κ1) is 10.7. The van der Waals surface area contributed by atoms with Crippen LogP contribution in [0.4, 0.5) is 0 Å². The van der Waals surface area contributed by atoms with Gasteiger partial charge in [-0.15, -0.1) is 11.3 Å². The van der Waals surface area contributed by atoms with Gasteiger partial charge in [0.2, 0.25) is 0 Å². The van der Waals surface area contributed by atoms with Gasteiger partial charge < -0.3 is 5.11 Å². The van der Waals surface area contributed by atoms with Crippen molar-refractivity contribution in [3.05, 3.63) is 20.3 Å². The molecule has 2 unspecified atom stereocenters. The molecule has 1 saturated carbocycles. The van der Waals surface area contributed by atoms with Gasteiger partial charge >= 0.3 is 0 Å². The van der Waals surface area contributed by atoms with E-state index in [1.165, 1.54) is 11.3 Å². The molecule has 1 aliphatic carbocycles. The van der Waals surface area contributed by atoms with Crippen molar-refractivity contribution in [3.63, 3.8) is 0 Å². The first-order chi connectivity index (χ1) is 6.43. The second-order valence-electron chi connectivity index (χ2n) is 4.41. The van der Waals surface area contributed by atoms with Crippen LogP contribution in [0.2, 0.25) is 8.67 Å². The lowest BCUT2D eigenvalue weighted by Crippen LogP contribution is -2.47. The highest BCUT2D eigenvalue weighted by Crippen LogP contribution is 2.55. The maximum atomic E-state index is 9.63. The van der Waals surface area contributed by atoms with Crippen molar-refractivity contribution in [2.75, 3.05) is 0 Å². The van der Waals surface area contributed by atoms with Gasteiger partial charge in [-0.05, 0) is 29.4 Å². The zero-order valence-corrected chi connectivity index (χ0v) is 10.4. The normalized spacial score (nSPS) is 30.1. The Morgan fingerprint density at radius 3 is 2.50 bits per heavy atom. The average molecular weight is 251 g/mol. The number of aliphatic hydroxyl groups is 1. The fourth-order valence-corrected chi connectivity index (χ4v) is 3.60. The Kier molecular flexibility index (Phi) is 2.59. The molecule has 0 aromatic carbocycles. The largest absolute Gasteiger partial charge is 0.393 e. The van der Waals surface area contributed by atoms with Crippen LogP contribution in [0.15, 0.2) is 6.07 Å². The van der Waals surface area contributed by atoms with Gasteiger partial charge in [0, 0.05) is 0 Å². The zero-order chi connectivity index (χ0) is 10.5. The number of halogens is 2. The van der Waals surface area contributed by atoms with Crippen LogP contribution >= 0.6 is 34.5 Å². The molecule has 14 heavy (non-hydrogen) atoms. The molecule has 1 fully saturated rings. The van der Waals surface area contributed by atoms with Crippen LogP contribution in [0.1, 0.15) is 31.7 Å². The van der Waals surface area contributed by atoms with E-state index in [1.54, 1.807) is 0 Å². The minimum absolute atomic E-state index is 0.0754. The van der Waals surface area contributed by atoms with E-state index in [9.17, 15) is 5.11 Å². The highest BCUT2D eigenvalue weighted by atomic mass is 35.5. The van der Waals surface area contributed by atoms with E-state index >= 15 is 0 Å². The Labute approximate surface area is 97.7 Å². The summed E-state index contributed by atoms with van der Waals surface area (Å²) < 4.78 is 1.49. The summed E-state index contributed by atoms with van der Waals surface area (Å²) in [6.45, 7) is 4.13. The third-order valence-corrected chi connectivity index (χ3v) is 4.79. The number of thiophene rings is 1. The van der Waals surface area contributed by atoms with Gasteiger partial charge in [-0.25, -0.2) is 0 Å². The molecule has 0 saturated heterocycles. The fourth-order valence-electron chi connectivity index (χ4n) is 2.02. The number of rotatable bonds is 1. The molecular formula is C10H12Cl2OS. The van der Waals surface area contributed by atoms with E-state index in [0.717, 1.165) is 20.7 Å². The number of hydrogen-bond acceptors (Lipinski definition) is 2.